The molecule has 2 aromatic rings. The van der Waals surface area contributed by atoms with Gasteiger partial charge in [0.05, 0.1) is 4.92 Å². The van der Waals surface area contributed by atoms with Crippen LogP contribution in [0.25, 0.3) is 0 Å². The number of rotatable bonds is 5. The van der Waals surface area contributed by atoms with Crippen LogP contribution in [0.3, 0.4) is 0 Å². The van der Waals surface area contributed by atoms with Crippen LogP contribution in [0.1, 0.15) is 48.0 Å². The molecule has 1 amide bonds. The molecule has 0 spiro atoms. The van der Waals surface area contributed by atoms with Gasteiger partial charge in [0.15, 0.2) is 11.5 Å². The fraction of sp³-hybridized carbons (Fsp3) is 0.381. The topological polar surface area (TPSA) is 81.9 Å². The molecule has 4 rings (SSSR count). The second kappa shape index (κ2) is 7.88. The van der Waals surface area contributed by atoms with Gasteiger partial charge >= 0.3 is 0 Å². The fourth-order valence-electron chi connectivity index (χ4n) is 3.91. The van der Waals surface area contributed by atoms with Crippen LogP contribution in [0.2, 0.25) is 0 Å². The highest BCUT2D eigenvalue weighted by atomic mass is 16.7. The van der Waals surface area contributed by atoms with Gasteiger partial charge in [0.25, 0.3) is 11.6 Å². The SMILES string of the molecule is O=C(c1cccc([N+](=O)[O-])c1)N(Cc1ccc2c(c1)OCO2)C1CCCCC1. The number of nitrogens with zero attached hydrogens (tertiary/aromatic N) is 2. The Balaban J connectivity index is 1.62. The molecule has 0 radical (unpaired) electrons. The minimum atomic E-state index is -0.473. The van der Waals surface area contributed by atoms with E-state index in [9.17, 15) is 14.9 Å². The number of nitro groups is 1. The van der Waals surface area contributed by atoms with E-state index in [1.165, 1.54) is 18.6 Å². The Morgan fingerprint density at radius 3 is 2.64 bits per heavy atom. The average Bonchev–Trinajstić information content (AvgIpc) is 3.20. The molecule has 0 aromatic heterocycles. The van der Waals surface area contributed by atoms with E-state index >= 15 is 0 Å². The van der Waals surface area contributed by atoms with Crippen molar-refractivity contribution in [1.29, 1.82) is 0 Å². The first-order valence-electron chi connectivity index (χ1n) is 9.56. The molecule has 0 saturated heterocycles. The zero-order chi connectivity index (χ0) is 19.5. The van der Waals surface area contributed by atoms with E-state index in [2.05, 4.69) is 0 Å². The first-order valence-corrected chi connectivity index (χ1v) is 9.56. The van der Waals surface area contributed by atoms with E-state index in [0.29, 0.717) is 23.6 Å². The van der Waals surface area contributed by atoms with Crippen LogP contribution >= 0.6 is 0 Å². The molecule has 2 aliphatic rings. The number of hydrogen-bond acceptors (Lipinski definition) is 5. The predicted octanol–water partition coefficient (Wildman–Crippen LogP) is 4.30. The van der Waals surface area contributed by atoms with Crippen LogP contribution in [0.5, 0.6) is 11.5 Å². The quantitative estimate of drug-likeness (QED) is 0.569. The molecule has 0 N–H and O–H groups in total. The molecule has 1 heterocycles. The van der Waals surface area contributed by atoms with Gasteiger partial charge in [-0.15, -0.1) is 0 Å². The molecular formula is C21H22N2O5. The van der Waals surface area contributed by atoms with Gasteiger partial charge in [0, 0.05) is 30.3 Å². The molecule has 0 atom stereocenters. The Labute approximate surface area is 163 Å². The van der Waals surface area contributed by atoms with Gasteiger partial charge in [-0.25, -0.2) is 0 Å². The number of fused-ring (bicyclic) bond motifs is 1. The fourth-order valence-corrected chi connectivity index (χ4v) is 3.91. The third-order valence-electron chi connectivity index (χ3n) is 5.37. The first-order chi connectivity index (χ1) is 13.6. The van der Waals surface area contributed by atoms with Crippen molar-refractivity contribution in [2.24, 2.45) is 0 Å². The Kier molecular flexibility index (Phi) is 5.14. The van der Waals surface area contributed by atoms with E-state index in [-0.39, 0.29) is 24.4 Å². The Morgan fingerprint density at radius 2 is 1.86 bits per heavy atom. The van der Waals surface area contributed by atoms with Crippen LogP contribution in [0.15, 0.2) is 42.5 Å². The Morgan fingerprint density at radius 1 is 1.07 bits per heavy atom. The molecule has 7 heteroatoms. The van der Waals surface area contributed by atoms with Crippen molar-refractivity contribution in [2.45, 2.75) is 44.7 Å². The second-order valence-corrected chi connectivity index (χ2v) is 7.22. The average molecular weight is 382 g/mol. The number of carbonyl (C=O) groups is 1. The minimum Gasteiger partial charge on any atom is -0.454 e. The van der Waals surface area contributed by atoms with Gasteiger partial charge in [-0.2, -0.15) is 0 Å². The van der Waals surface area contributed by atoms with Crippen molar-refractivity contribution in [3.8, 4) is 11.5 Å². The monoisotopic (exact) mass is 382 g/mol. The number of nitro benzene ring substituents is 1. The molecular weight excluding hydrogens is 360 g/mol. The Bertz CT molecular complexity index is 892. The summed E-state index contributed by atoms with van der Waals surface area (Å²) in [5.41, 5.74) is 1.23. The van der Waals surface area contributed by atoms with E-state index in [1.54, 1.807) is 12.1 Å². The van der Waals surface area contributed by atoms with E-state index in [4.69, 9.17) is 9.47 Å². The zero-order valence-corrected chi connectivity index (χ0v) is 15.5. The van der Waals surface area contributed by atoms with Gasteiger partial charge < -0.3 is 14.4 Å². The summed E-state index contributed by atoms with van der Waals surface area (Å²) in [7, 11) is 0. The molecule has 146 valence electrons. The van der Waals surface area contributed by atoms with Crippen molar-refractivity contribution >= 4 is 11.6 Å². The van der Waals surface area contributed by atoms with Crippen molar-refractivity contribution in [1.82, 2.24) is 4.90 Å². The molecule has 7 nitrogen and oxygen atoms in total. The van der Waals surface area contributed by atoms with Crippen LogP contribution in [0, 0.1) is 10.1 Å². The van der Waals surface area contributed by atoms with Gasteiger partial charge in [0.1, 0.15) is 0 Å². The van der Waals surface area contributed by atoms with Crippen LogP contribution in [-0.2, 0) is 6.54 Å². The number of amides is 1. The number of non-ortho nitro benzene ring substituents is 1. The summed E-state index contributed by atoms with van der Waals surface area (Å²) in [6.07, 6.45) is 5.25. The molecule has 1 aliphatic heterocycles. The lowest BCUT2D eigenvalue weighted by Gasteiger charge is -2.34. The van der Waals surface area contributed by atoms with Crippen molar-refractivity contribution in [2.75, 3.05) is 6.79 Å². The van der Waals surface area contributed by atoms with Crippen molar-refractivity contribution < 1.29 is 19.2 Å². The maximum absolute atomic E-state index is 13.3. The third-order valence-corrected chi connectivity index (χ3v) is 5.37. The second-order valence-electron chi connectivity index (χ2n) is 7.22. The lowest BCUT2D eigenvalue weighted by molar-refractivity contribution is -0.384. The molecule has 1 saturated carbocycles. The highest BCUT2D eigenvalue weighted by Gasteiger charge is 2.28. The summed E-state index contributed by atoms with van der Waals surface area (Å²) in [4.78, 5) is 25.8. The third kappa shape index (κ3) is 3.78. The maximum Gasteiger partial charge on any atom is 0.270 e. The standard InChI is InChI=1S/C21H22N2O5/c24-21(16-5-4-8-18(12-16)23(25)26)22(17-6-2-1-3-7-17)13-15-9-10-19-20(11-15)28-14-27-19/h4-5,8-12,17H,1-3,6-7,13-14H2. The highest BCUT2D eigenvalue weighted by molar-refractivity contribution is 5.95. The molecule has 28 heavy (non-hydrogen) atoms. The highest BCUT2D eigenvalue weighted by Crippen LogP contribution is 2.34. The number of benzene rings is 2. The number of hydrogen-bond donors (Lipinski definition) is 0. The smallest absolute Gasteiger partial charge is 0.270 e. The summed E-state index contributed by atoms with van der Waals surface area (Å²) in [5, 5.41) is 11.1. The zero-order valence-electron chi connectivity index (χ0n) is 15.5. The van der Waals surface area contributed by atoms with Gasteiger partial charge in [0.2, 0.25) is 6.79 Å². The van der Waals surface area contributed by atoms with Crippen molar-refractivity contribution in [3.05, 3.63) is 63.7 Å². The normalized spacial score (nSPS) is 16.0. The number of ether oxygens (including phenoxy) is 2. The first kappa shape index (κ1) is 18.3. The summed E-state index contributed by atoms with van der Waals surface area (Å²) < 4.78 is 10.8. The summed E-state index contributed by atoms with van der Waals surface area (Å²) in [6, 6.07) is 11.8. The lowest BCUT2D eigenvalue weighted by atomic mass is 9.93. The maximum atomic E-state index is 13.3. The van der Waals surface area contributed by atoms with Crippen LogP contribution in [-0.4, -0.2) is 28.6 Å². The Hall–Kier alpha value is -3.09. The minimum absolute atomic E-state index is 0.0717. The summed E-state index contributed by atoms with van der Waals surface area (Å²) in [5.74, 6) is 1.22. The van der Waals surface area contributed by atoms with E-state index < -0.39 is 4.92 Å². The molecule has 0 unspecified atom stereocenters. The molecule has 2 aromatic carbocycles. The van der Waals surface area contributed by atoms with Gasteiger partial charge in [-0.05, 0) is 36.6 Å². The van der Waals surface area contributed by atoms with Crippen LogP contribution < -0.4 is 9.47 Å². The van der Waals surface area contributed by atoms with E-state index in [0.717, 1.165) is 31.2 Å². The predicted molar refractivity (Wildman–Crippen MR) is 102 cm³/mol. The molecule has 1 aliphatic carbocycles. The summed E-state index contributed by atoms with van der Waals surface area (Å²) in [6.45, 7) is 0.639. The van der Waals surface area contributed by atoms with Crippen LogP contribution in [0.4, 0.5) is 5.69 Å². The molecule has 0 bridgehead atoms. The van der Waals surface area contributed by atoms with Gasteiger partial charge in [-0.1, -0.05) is 31.4 Å². The van der Waals surface area contributed by atoms with Gasteiger partial charge in [-0.3, -0.25) is 14.9 Å². The lowest BCUT2D eigenvalue weighted by Crippen LogP contribution is -2.41. The largest absolute Gasteiger partial charge is 0.454 e. The summed E-state index contributed by atoms with van der Waals surface area (Å²) >= 11 is 0. The number of carbonyl (C=O) groups excluding carboxylic acids is 1. The van der Waals surface area contributed by atoms with Crippen molar-refractivity contribution in [3.63, 3.8) is 0 Å². The molecule has 1 fully saturated rings. The van der Waals surface area contributed by atoms with E-state index in [1.807, 2.05) is 23.1 Å².